The normalized spacial score (nSPS) is 10.2. The van der Waals surface area contributed by atoms with Gasteiger partial charge in [0.15, 0.2) is 5.82 Å². The number of likely N-dealkylation sites (N-methyl/N-ethyl adjacent to an activating group) is 2. The first-order chi connectivity index (χ1) is 9.29. The van der Waals surface area contributed by atoms with E-state index in [0.717, 1.165) is 17.0 Å². The summed E-state index contributed by atoms with van der Waals surface area (Å²) in [6, 6.07) is 1.97. The van der Waals surface area contributed by atoms with Gasteiger partial charge in [-0.25, -0.2) is 8.78 Å². The Hall–Kier alpha value is -2.18. The van der Waals surface area contributed by atoms with Crippen molar-refractivity contribution in [2.45, 2.75) is 6.92 Å². The highest BCUT2D eigenvalue weighted by molar-refractivity contribution is 5.97. The van der Waals surface area contributed by atoms with Gasteiger partial charge in [-0.3, -0.25) is 9.59 Å². The lowest BCUT2D eigenvalue weighted by atomic mass is 10.1. The molecular weight excluding hydrogens is 268 g/mol. The molecule has 1 aromatic carbocycles. The van der Waals surface area contributed by atoms with E-state index in [0.29, 0.717) is 0 Å². The quantitative estimate of drug-likeness (QED) is 0.842. The first kappa shape index (κ1) is 15.9. The van der Waals surface area contributed by atoms with E-state index in [4.69, 9.17) is 5.73 Å². The minimum absolute atomic E-state index is 0.145. The first-order valence-corrected chi connectivity index (χ1v) is 6.02. The number of hydrogen-bond donors (Lipinski definition) is 1. The van der Waals surface area contributed by atoms with Gasteiger partial charge in [-0.05, 0) is 19.1 Å². The van der Waals surface area contributed by atoms with Crippen molar-refractivity contribution in [2.75, 3.05) is 32.9 Å². The highest BCUT2D eigenvalue weighted by Gasteiger charge is 2.25. The highest BCUT2D eigenvalue weighted by atomic mass is 19.1. The maximum Gasteiger partial charge on any atom is 0.260 e. The molecule has 2 N–H and O–H groups in total. The number of hydrogen-bond acceptors (Lipinski definition) is 3. The van der Waals surface area contributed by atoms with Gasteiger partial charge < -0.3 is 15.5 Å². The zero-order valence-corrected chi connectivity index (χ0v) is 11.6. The average molecular weight is 285 g/mol. The largest absolute Gasteiger partial charge is 0.396 e. The van der Waals surface area contributed by atoms with Crippen LogP contribution in [0.1, 0.15) is 17.3 Å². The molecule has 0 aliphatic rings. The number of amides is 2. The molecule has 1 rings (SSSR count). The van der Waals surface area contributed by atoms with Crippen LogP contribution in [0, 0.1) is 11.6 Å². The van der Waals surface area contributed by atoms with Crippen LogP contribution in [0.15, 0.2) is 12.1 Å². The molecule has 7 heteroatoms. The lowest BCUT2D eigenvalue weighted by molar-refractivity contribution is -0.129. The summed E-state index contributed by atoms with van der Waals surface area (Å²) in [7, 11) is 3.06. The van der Waals surface area contributed by atoms with Gasteiger partial charge >= 0.3 is 0 Å². The standard InChI is InChI=1S/C13H17F2N3O2/c1-4-18(7-10(19)17(2)3)13(20)11-8(14)5-6-9(16)12(11)15/h5-6H,4,7,16H2,1-3H3. The molecule has 2 amide bonds. The topological polar surface area (TPSA) is 66.6 Å². The second kappa shape index (κ2) is 6.31. The van der Waals surface area contributed by atoms with Crippen LogP contribution in [-0.2, 0) is 4.79 Å². The van der Waals surface area contributed by atoms with Crippen LogP contribution in [0.25, 0.3) is 0 Å². The molecular formula is C13H17F2N3O2. The summed E-state index contributed by atoms with van der Waals surface area (Å²) in [4.78, 5) is 26.1. The predicted molar refractivity (Wildman–Crippen MR) is 71.0 cm³/mol. The molecule has 5 nitrogen and oxygen atoms in total. The summed E-state index contributed by atoms with van der Waals surface area (Å²) < 4.78 is 27.4. The van der Waals surface area contributed by atoms with Crippen molar-refractivity contribution in [2.24, 2.45) is 0 Å². The van der Waals surface area contributed by atoms with Crippen molar-refractivity contribution in [1.29, 1.82) is 0 Å². The van der Waals surface area contributed by atoms with Gasteiger partial charge in [0.2, 0.25) is 5.91 Å². The molecule has 0 fully saturated rings. The van der Waals surface area contributed by atoms with Crippen molar-refractivity contribution >= 4 is 17.5 Å². The minimum atomic E-state index is -1.11. The second-order valence-corrected chi connectivity index (χ2v) is 4.43. The average Bonchev–Trinajstić information content (AvgIpc) is 2.40. The van der Waals surface area contributed by atoms with E-state index in [2.05, 4.69) is 0 Å². The predicted octanol–water partition coefficient (Wildman–Crippen LogP) is 1.10. The van der Waals surface area contributed by atoms with Gasteiger partial charge in [0.05, 0.1) is 12.2 Å². The third kappa shape index (κ3) is 3.23. The third-order valence-electron chi connectivity index (χ3n) is 2.83. The zero-order valence-electron chi connectivity index (χ0n) is 11.6. The number of nitrogen functional groups attached to an aromatic ring is 1. The van der Waals surface area contributed by atoms with Crippen molar-refractivity contribution in [3.8, 4) is 0 Å². The minimum Gasteiger partial charge on any atom is -0.396 e. The van der Waals surface area contributed by atoms with E-state index >= 15 is 0 Å². The fourth-order valence-corrected chi connectivity index (χ4v) is 1.55. The van der Waals surface area contributed by atoms with Crippen LogP contribution in [0.4, 0.5) is 14.5 Å². The zero-order chi connectivity index (χ0) is 15.4. The molecule has 0 bridgehead atoms. The number of benzene rings is 1. The molecule has 20 heavy (non-hydrogen) atoms. The molecule has 0 aliphatic heterocycles. The summed E-state index contributed by atoms with van der Waals surface area (Å²) in [5.74, 6) is -3.35. The Morgan fingerprint density at radius 1 is 1.25 bits per heavy atom. The van der Waals surface area contributed by atoms with Crippen molar-refractivity contribution in [1.82, 2.24) is 9.80 Å². The smallest absolute Gasteiger partial charge is 0.260 e. The summed E-state index contributed by atoms with van der Waals surface area (Å²) >= 11 is 0. The summed E-state index contributed by atoms with van der Waals surface area (Å²) in [6.45, 7) is 1.51. The molecule has 0 aromatic heterocycles. The maximum atomic E-state index is 13.8. The third-order valence-corrected chi connectivity index (χ3v) is 2.83. The number of rotatable bonds is 4. The van der Waals surface area contributed by atoms with Crippen LogP contribution >= 0.6 is 0 Å². The van der Waals surface area contributed by atoms with Crippen molar-refractivity contribution < 1.29 is 18.4 Å². The van der Waals surface area contributed by atoms with Crippen LogP contribution < -0.4 is 5.73 Å². The Morgan fingerprint density at radius 2 is 1.85 bits per heavy atom. The van der Waals surface area contributed by atoms with Crippen LogP contribution in [0.3, 0.4) is 0 Å². The summed E-state index contributed by atoms with van der Waals surface area (Å²) in [5, 5.41) is 0. The Bertz CT molecular complexity index is 533. The molecule has 0 heterocycles. The van der Waals surface area contributed by atoms with E-state index in [-0.39, 0.29) is 24.7 Å². The Labute approximate surface area is 115 Å². The number of carbonyl (C=O) groups is 2. The molecule has 0 unspecified atom stereocenters. The van der Waals surface area contributed by atoms with E-state index < -0.39 is 23.1 Å². The summed E-state index contributed by atoms with van der Waals surface area (Å²) in [6.07, 6.45) is 0. The molecule has 110 valence electrons. The summed E-state index contributed by atoms with van der Waals surface area (Å²) in [5.41, 5.74) is 4.28. The number of nitrogens with zero attached hydrogens (tertiary/aromatic N) is 2. The number of nitrogens with two attached hydrogens (primary N) is 1. The van der Waals surface area contributed by atoms with Crippen molar-refractivity contribution in [3.63, 3.8) is 0 Å². The SMILES string of the molecule is CCN(CC(=O)N(C)C)C(=O)c1c(F)ccc(N)c1F. The van der Waals surface area contributed by atoms with E-state index in [1.54, 1.807) is 6.92 Å². The fourth-order valence-electron chi connectivity index (χ4n) is 1.55. The van der Waals surface area contributed by atoms with Crippen LogP contribution in [-0.4, -0.2) is 48.8 Å². The molecule has 0 radical (unpaired) electrons. The van der Waals surface area contributed by atoms with Gasteiger partial charge in [-0.1, -0.05) is 0 Å². The van der Waals surface area contributed by atoms with E-state index in [1.807, 2.05) is 0 Å². The first-order valence-electron chi connectivity index (χ1n) is 6.02. The van der Waals surface area contributed by atoms with Crippen LogP contribution in [0.2, 0.25) is 0 Å². The Morgan fingerprint density at radius 3 is 2.35 bits per heavy atom. The molecule has 0 saturated heterocycles. The van der Waals surface area contributed by atoms with Crippen molar-refractivity contribution in [3.05, 3.63) is 29.3 Å². The van der Waals surface area contributed by atoms with Gasteiger partial charge in [0.25, 0.3) is 5.91 Å². The molecule has 0 spiro atoms. The number of anilines is 1. The molecule has 0 aliphatic carbocycles. The fraction of sp³-hybridized carbons (Fsp3) is 0.385. The monoisotopic (exact) mass is 285 g/mol. The Kier molecular flexibility index (Phi) is 5.01. The molecule has 1 aromatic rings. The molecule has 0 atom stereocenters. The van der Waals surface area contributed by atoms with E-state index in [1.165, 1.54) is 19.0 Å². The lowest BCUT2D eigenvalue weighted by Crippen LogP contribution is -2.40. The van der Waals surface area contributed by atoms with Gasteiger partial charge in [-0.15, -0.1) is 0 Å². The Balaban J connectivity index is 3.09. The highest BCUT2D eigenvalue weighted by Crippen LogP contribution is 2.20. The lowest BCUT2D eigenvalue weighted by Gasteiger charge is -2.22. The van der Waals surface area contributed by atoms with Gasteiger partial charge in [0.1, 0.15) is 11.4 Å². The van der Waals surface area contributed by atoms with Gasteiger partial charge in [0, 0.05) is 20.6 Å². The van der Waals surface area contributed by atoms with E-state index in [9.17, 15) is 18.4 Å². The van der Waals surface area contributed by atoms with Crippen LogP contribution in [0.5, 0.6) is 0 Å². The number of carbonyl (C=O) groups excluding carboxylic acids is 2. The number of halogens is 2. The molecule has 0 saturated carbocycles. The maximum absolute atomic E-state index is 13.8. The second-order valence-electron chi connectivity index (χ2n) is 4.43. The van der Waals surface area contributed by atoms with Gasteiger partial charge in [-0.2, -0.15) is 0 Å².